The predicted molar refractivity (Wildman–Crippen MR) is 59.4 cm³/mol. The Labute approximate surface area is 91.8 Å². The molecule has 16 heavy (non-hydrogen) atoms. The summed E-state index contributed by atoms with van der Waals surface area (Å²) in [5.74, 6) is 0.407. The van der Waals surface area contributed by atoms with Gasteiger partial charge in [0.2, 0.25) is 0 Å². The van der Waals surface area contributed by atoms with E-state index in [1.165, 1.54) is 12.1 Å². The van der Waals surface area contributed by atoms with Gasteiger partial charge in [0.15, 0.2) is 5.43 Å². The van der Waals surface area contributed by atoms with Crippen molar-refractivity contribution in [2.75, 3.05) is 0 Å². The van der Waals surface area contributed by atoms with Crippen LogP contribution in [0.25, 0.3) is 11.0 Å². The molecule has 4 nitrogen and oxygen atoms in total. The fraction of sp³-hybridized carbons (Fsp3) is 0.250. The summed E-state index contributed by atoms with van der Waals surface area (Å²) in [5, 5.41) is 18.8. The van der Waals surface area contributed by atoms with Crippen LogP contribution in [0.5, 0.6) is 5.75 Å². The van der Waals surface area contributed by atoms with Crippen LogP contribution in [0.15, 0.2) is 27.4 Å². The smallest absolute Gasteiger partial charge is 0.196 e. The van der Waals surface area contributed by atoms with Crippen molar-refractivity contribution in [2.45, 2.75) is 20.0 Å². The van der Waals surface area contributed by atoms with Crippen molar-refractivity contribution < 1.29 is 14.6 Å². The molecule has 2 rings (SSSR count). The number of hydrogen-bond donors (Lipinski definition) is 2. The Morgan fingerprint density at radius 2 is 2.06 bits per heavy atom. The Bertz CT molecular complexity index is 578. The molecule has 0 aliphatic carbocycles. The summed E-state index contributed by atoms with van der Waals surface area (Å²) in [4.78, 5) is 11.7. The van der Waals surface area contributed by atoms with Crippen LogP contribution < -0.4 is 5.43 Å². The number of aliphatic hydroxyl groups is 1. The quantitative estimate of drug-likeness (QED) is 0.805. The van der Waals surface area contributed by atoms with Gasteiger partial charge in [-0.2, -0.15) is 0 Å². The van der Waals surface area contributed by atoms with Gasteiger partial charge in [0.25, 0.3) is 0 Å². The highest BCUT2D eigenvalue weighted by molar-refractivity contribution is 5.83. The fourth-order valence-electron chi connectivity index (χ4n) is 1.64. The molecule has 84 valence electrons. The van der Waals surface area contributed by atoms with Crippen LogP contribution in [0.3, 0.4) is 0 Å². The van der Waals surface area contributed by atoms with Crippen LogP contribution in [0.2, 0.25) is 0 Å². The first kappa shape index (κ1) is 10.7. The van der Waals surface area contributed by atoms with E-state index in [0.717, 1.165) is 0 Å². The molecule has 4 heteroatoms. The molecule has 0 saturated heterocycles. The third-order valence-electron chi connectivity index (χ3n) is 2.45. The van der Waals surface area contributed by atoms with Gasteiger partial charge in [0, 0.05) is 12.5 Å². The minimum Gasteiger partial charge on any atom is -0.507 e. The first-order valence-electron chi connectivity index (χ1n) is 5.05. The molecule has 1 aromatic heterocycles. The largest absolute Gasteiger partial charge is 0.507 e. The van der Waals surface area contributed by atoms with Gasteiger partial charge in [-0.1, -0.05) is 6.92 Å². The second-order valence-electron chi connectivity index (χ2n) is 3.58. The highest BCUT2D eigenvalue weighted by atomic mass is 16.3. The van der Waals surface area contributed by atoms with Crippen molar-refractivity contribution in [1.82, 2.24) is 0 Å². The standard InChI is InChI=1S/C12H12O4/c1-2-8-5-10(15)12-9(14)3-7(6-13)4-11(12)16-8/h3-5,13-14H,2,6H2,1H3. The summed E-state index contributed by atoms with van der Waals surface area (Å²) in [6.07, 6.45) is 0.606. The minimum absolute atomic E-state index is 0.155. The van der Waals surface area contributed by atoms with Gasteiger partial charge >= 0.3 is 0 Å². The summed E-state index contributed by atoms with van der Waals surface area (Å²) >= 11 is 0. The predicted octanol–water partition coefficient (Wildman–Crippen LogP) is 1.55. The lowest BCUT2D eigenvalue weighted by atomic mass is 10.1. The van der Waals surface area contributed by atoms with Crippen molar-refractivity contribution in [3.05, 3.63) is 39.7 Å². The number of rotatable bonds is 2. The maximum Gasteiger partial charge on any atom is 0.196 e. The molecule has 0 saturated carbocycles. The van der Waals surface area contributed by atoms with Crippen LogP contribution in [0.4, 0.5) is 0 Å². The number of phenols is 1. The van der Waals surface area contributed by atoms with Crippen molar-refractivity contribution in [1.29, 1.82) is 0 Å². The van der Waals surface area contributed by atoms with Crippen LogP contribution in [0, 0.1) is 0 Å². The average Bonchev–Trinajstić information content (AvgIpc) is 2.27. The SMILES string of the molecule is CCc1cc(=O)c2c(O)cc(CO)cc2o1. The van der Waals surface area contributed by atoms with Crippen LogP contribution in [-0.4, -0.2) is 10.2 Å². The maximum atomic E-state index is 11.7. The van der Waals surface area contributed by atoms with E-state index >= 15 is 0 Å². The molecule has 0 aliphatic rings. The molecular formula is C12H12O4. The van der Waals surface area contributed by atoms with E-state index in [-0.39, 0.29) is 23.2 Å². The molecular weight excluding hydrogens is 208 g/mol. The molecule has 0 spiro atoms. The zero-order chi connectivity index (χ0) is 11.7. The van der Waals surface area contributed by atoms with Gasteiger partial charge in [-0.25, -0.2) is 0 Å². The molecule has 0 amide bonds. The Morgan fingerprint density at radius 3 is 2.69 bits per heavy atom. The van der Waals surface area contributed by atoms with E-state index in [4.69, 9.17) is 9.52 Å². The van der Waals surface area contributed by atoms with Crippen LogP contribution in [0.1, 0.15) is 18.2 Å². The van der Waals surface area contributed by atoms with Crippen molar-refractivity contribution in [2.24, 2.45) is 0 Å². The first-order valence-corrected chi connectivity index (χ1v) is 5.05. The zero-order valence-corrected chi connectivity index (χ0v) is 8.86. The fourth-order valence-corrected chi connectivity index (χ4v) is 1.64. The van der Waals surface area contributed by atoms with Gasteiger partial charge in [-0.05, 0) is 17.7 Å². The molecule has 0 bridgehead atoms. The molecule has 1 aromatic carbocycles. The highest BCUT2D eigenvalue weighted by Gasteiger charge is 2.09. The number of aryl methyl sites for hydroxylation is 1. The van der Waals surface area contributed by atoms with E-state index in [0.29, 0.717) is 23.3 Å². The number of fused-ring (bicyclic) bond motifs is 1. The molecule has 2 aromatic rings. The Kier molecular flexibility index (Phi) is 2.66. The Morgan fingerprint density at radius 1 is 1.31 bits per heavy atom. The second kappa shape index (κ2) is 3.98. The van der Waals surface area contributed by atoms with Gasteiger partial charge < -0.3 is 14.6 Å². The summed E-state index contributed by atoms with van der Waals surface area (Å²) in [5.41, 5.74) is 0.565. The first-order chi connectivity index (χ1) is 7.65. The van der Waals surface area contributed by atoms with Crippen LogP contribution in [-0.2, 0) is 13.0 Å². The third-order valence-corrected chi connectivity index (χ3v) is 2.45. The number of benzene rings is 1. The molecule has 0 atom stereocenters. The normalized spacial score (nSPS) is 10.9. The van der Waals surface area contributed by atoms with Gasteiger partial charge in [-0.15, -0.1) is 0 Å². The van der Waals surface area contributed by atoms with E-state index in [2.05, 4.69) is 0 Å². The van der Waals surface area contributed by atoms with Crippen molar-refractivity contribution in [3.63, 3.8) is 0 Å². The number of phenolic OH excluding ortho intramolecular Hbond substituents is 1. The highest BCUT2D eigenvalue weighted by Crippen LogP contribution is 2.24. The monoisotopic (exact) mass is 220 g/mol. The lowest BCUT2D eigenvalue weighted by molar-refractivity contribution is 0.281. The lowest BCUT2D eigenvalue weighted by Gasteiger charge is -2.04. The molecule has 0 radical (unpaired) electrons. The Balaban J connectivity index is 2.84. The number of hydrogen-bond acceptors (Lipinski definition) is 4. The maximum absolute atomic E-state index is 11.7. The van der Waals surface area contributed by atoms with Gasteiger partial charge in [0.05, 0.1) is 6.61 Å². The summed E-state index contributed by atoms with van der Waals surface area (Å²) in [6, 6.07) is 4.31. The summed E-state index contributed by atoms with van der Waals surface area (Å²) in [6.45, 7) is 1.67. The van der Waals surface area contributed by atoms with E-state index in [1.807, 2.05) is 6.92 Å². The molecule has 0 unspecified atom stereocenters. The molecule has 0 fully saturated rings. The summed E-state index contributed by atoms with van der Waals surface area (Å²) in [7, 11) is 0. The van der Waals surface area contributed by atoms with Gasteiger partial charge in [-0.3, -0.25) is 4.79 Å². The number of aromatic hydroxyl groups is 1. The third kappa shape index (κ3) is 1.67. The van der Waals surface area contributed by atoms with E-state index < -0.39 is 0 Å². The molecule has 2 N–H and O–H groups in total. The zero-order valence-electron chi connectivity index (χ0n) is 8.86. The Hall–Kier alpha value is -1.81. The van der Waals surface area contributed by atoms with Crippen molar-refractivity contribution in [3.8, 4) is 5.75 Å². The second-order valence-corrected chi connectivity index (χ2v) is 3.58. The van der Waals surface area contributed by atoms with E-state index in [9.17, 15) is 9.90 Å². The topological polar surface area (TPSA) is 70.7 Å². The summed E-state index contributed by atoms with van der Waals surface area (Å²) < 4.78 is 5.44. The van der Waals surface area contributed by atoms with Crippen LogP contribution >= 0.6 is 0 Å². The van der Waals surface area contributed by atoms with E-state index in [1.54, 1.807) is 6.07 Å². The molecule has 1 heterocycles. The average molecular weight is 220 g/mol. The number of aliphatic hydroxyl groups excluding tert-OH is 1. The minimum atomic E-state index is -0.264. The van der Waals surface area contributed by atoms with Crippen molar-refractivity contribution >= 4 is 11.0 Å². The lowest BCUT2D eigenvalue weighted by Crippen LogP contribution is -2.02. The molecule has 0 aliphatic heterocycles. The van der Waals surface area contributed by atoms with Gasteiger partial charge in [0.1, 0.15) is 22.5 Å².